The van der Waals surface area contributed by atoms with Gasteiger partial charge in [-0.05, 0) is 64.0 Å². The van der Waals surface area contributed by atoms with Gasteiger partial charge < -0.3 is 10.2 Å². The second kappa shape index (κ2) is 6.21. The quantitative estimate of drug-likeness (QED) is 0.596. The fourth-order valence-electron chi connectivity index (χ4n) is 1.45. The van der Waals surface area contributed by atoms with E-state index in [-0.39, 0.29) is 17.4 Å². The van der Waals surface area contributed by atoms with Crippen LogP contribution in [0, 0.1) is 0 Å². The first-order chi connectivity index (χ1) is 9.56. The molecule has 1 amide bonds. The summed E-state index contributed by atoms with van der Waals surface area (Å²) in [5.41, 5.74) is 3.49. The second-order valence-corrected chi connectivity index (χ2v) is 4.81. The van der Waals surface area contributed by atoms with E-state index in [0.29, 0.717) is 10.0 Å². The van der Waals surface area contributed by atoms with Crippen molar-refractivity contribution in [2.24, 2.45) is 5.10 Å². The first kappa shape index (κ1) is 14.1. The third-order valence-corrected chi connectivity index (χ3v) is 3.12. The van der Waals surface area contributed by atoms with Crippen LogP contribution in [0.4, 0.5) is 0 Å². The Labute approximate surface area is 123 Å². The standard InChI is InChI=1S/C14H11BrN2O3/c15-12-7-9(1-6-13(12)19)8-16-17-14(20)10-2-4-11(18)5-3-10/h1-8,18-19H,(H,17,20)/b16-8+. The normalized spacial score (nSPS) is 10.7. The molecule has 0 aromatic heterocycles. The van der Waals surface area contributed by atoms with Crippen LogP contribution < -0.4 is 5.43 Å². The van der Waals surface area contributed by atoms with E-state index in [2.05, 4.69) is 26.5 Å². The van der Waals surface area contributed by atoms with Crippen LogP contribution in [0.1, 0.15) is 15.9 Å². The monoisotopic (exact) mass is 334 g/mol. The van der Waals surface area contributed by atoms with Crippen LogP contribution in [0.2, 0.25) is 0 Å². The largest absolute Gasteiger partial charge is 0.508 e. The van der Waals surface area contributed by atoms with Crippen molar-refractivity contribution in [2.45, 2.75) is 0 Å². The Hall–Kier alpha value is -2.34. The number of amides is 1. The summed E-state index contributed by atoms with van der Waals surface area (Å²) in [5.74, 6) is -0.145. The van der Waals surface area contributed by atoms with Gasteiger partial charge in [-0.3, -0.25) is 4.79 Å². The highest BCUT2D eigenvalue weighted by Gasteiger charge is 2.03. The minimum atomic E-state index is -0.376. The molecular weight excluding hydrogens is 324 g/mol. The van der Waals surface area contributed by atoms with E-state index in [9.17, 15) is 9.90 Å². The first-order valence-corrected chi connectivity index (χ1v) is 6.46. The molecule has 0 radical (unpaired) electrons. The number of hydrazone groups is 1. The number of halogens is 1. The Balaban J connectivity index is 2.00. The number of phenols is 2. The van der Waals surface area contributed by atoms with Crippen molar-refractivity contribution < 1.29 is 15.0 Å². The molecule has 20 heavy (non-hydrogen) atoms. The average molecular weight is 335 g/mol. The van der Waals surface area contributed by atoms with Crippen molar-refractivity contribution in [3.63, 3.8) is 0 Å². The molecular formula is C14H11BrN2O3. The predicted octanol–water partition coefficient (Wildman–Crippen LogP) is 2.62. The summed E-state index contributed by atoms with van der Waals surface area (Å²) in [6.45, 7) is 0. The molecule has 0 fully saturated rings. The number of hydrogen-bond acceptors (Lipinski definition) is 4. The highest BCUT2D eigenvalue weighted by Crippen LogP contribution is 2.23. The topological polar surface area (TPSA) is 81.9 Å². The van der Waals surface area contributed by atoms with Crippen molar-refractivity contribution in [1.82, 2.24) is 5.43 Å². The maximum absolute atomic E-state index is 11.7. The van der Waals surface area contributed by atoms with E-state index in [1.165, 1.54) is 36.5 Å². The molecule has 0 unspecified atom stereocenters. The van der Waals surface area contributed by atoms with Gasteiger partial charge in [-0.15, -0.1) is 0 Å². The Kier molecular flexibility index (Phi) is 4.37. The summed E-state index contributed by atoms with van der Waals surface area (Å²) in [6.07, 6.45) is 1.46. The van der Waals surface area contributed by atoms with E-state index in [1.54, 1.807) is 12.1 Å². The minimum Gasteiger partial charge on any atom is -0.508 e. The number of nitrogens with zero attached hydrogens (tertiary/aromatic N) is 1. The lowest BCUT2D eigenvalue weighted by Gasteiger charge is -2.00. The second-order valence-electron chi connectivity index (χ2n) is 3.96. The Bertz CT molecular complexity index is 654. The van der Waals surface area contributed by atoms with Gasteiger partial charge >= 0.3 is 0 Å². The summed E-state index contributed by atoms with van der Waals surface area (Å²) in [7, 11) is 0. The van der Waals surface area contributed by atoms with Crippen molar-refractivity contribution in [3.8, 4) is 11.5 Å². The maximum atomic E-state index is 11.7. The molecule has 0 heterocycles. The molecule has 102 valence electrons. The first-order valence-electron chi connectivity index (χ1n) is 5.67. The highest BCUT2D eigenvalue weighted by atomic mass is 79.9. The minimum absolute atomic E-state index is 0.0963. The molecule has 2 aromatic rings. The van der Waals surface area contributed by atoms with Gasteiger partial charge in [0.15, 0.2) is 0 Å². The molecule has 0 spiro atoms. The number of aromatic hydroxyl groups is 2. The fraction of sp³-hybridized carbons (Fsp3) is 0. The number of benzene rings is 2. The van der Waals surface area contributed by atoms with E-state index in [0.717, 1.165) is 5.56 Å². The van der Waals surface area contributed by atoms with Gasteiger partial charge in [-0.2, -0.15) is 5.10 Å². The average Bonchev–Trinajstić information content (AvgIpc) is 2.43. The zero-order valence-corrected chi connectivity index (χ0v) is 11.8. The van der Waals surface area contributed by atoms with Crippen LogP contribution in [0.5, 0.6) is 11.5 Å². The number of carbonyl (C=O) groups is 1. The molecule has 0 aliphatic carbocycles. The molecule has 0 saturated heterocycles. The number of phenolic OH excluding ortho intramolecular Hbond substituents is 2. The number of nitrogens with one attached hydrogen (secondary N) is 1. The summed E-state index contributed by atoms with van der Waals surface area (Å²) < 4.78 is 0.548. The Morgan fingerprint density at radius 1 is 1.15 bits per heavy atom. The van der Waals surface area contributed by atoms with Crippen molar-refractivity contribution in [3.05, 3.63) is 58.1 Å². The fourth-order valence-corrected chi connectivity index (χ4v) is 1.84. The third kappa shape index (κ3) is 3.58. The van der Waals surface area contributed by atoms with Crippen LogP contribution in [-0.2, 0) is 0 Å². The number of hydrogen-bond donors (Lipinski definition) is 3. The molecule has 0 aliphatic rings. The van der Waals surface area contributed by atoms with Crippen LogP contribution in [0.25, 0.3) is 0 Å². The number of carbonyl (C=O) groups excluding carboxylic acids is 1. The maximum Gasteiger partial charge on any atom is 0.271 e. The highest BCUT2D eigenvalue weighted by molar-refractivity contribution is 9.10. The van der Waals surface area contributed by atoms with Gasteiger partial charge in [0, 0.05) is 5.56 Å². The van der Waals surface area contributed by atoms with Crippen molar-refractivity contribution in [2.75, 3.05) is 0 Å². The zero-order chi connectivity index (χ0) is 14.5. The molecule has 3 N–H and O–H groups in total. The predicted molar refractivity (Wildman–Crippen MR) is 79.0 cm³/mol. The molecule has 5 nitrogen and oxygen atoms in total. The summed E-state index contributed by atoms with van der Waals surface area (Å²) in [4.78, 5) is 11.7. The van der Waals surface area contributed by atoms with Crippen LogP contribution >= 0.6 is 15.9 Å². The molecule has 0 bridgehead atoms. The van der Waals surface area contributed by atoms with Crippen LogP contribution in [0.15, 0.2) is 52.0 Å². The number of rotatable bonds is 3. The van der Waals surface area contributed by atoms with E-state index >= 15 is 0 Å². The lowest BCUT2D eigenvalue weighted by molar-refractivity contribution is 0.0955. The molecule has 0 saturated carbocycles. The van der Waals surface area contributed by atoms with Crippen LogP contribution in [0.3, 0.4) is 0 Å². The van der Waals surface area contributed by atoms with E-state index in [1.807, 2.05) is 0 Å². The Morgan fingerprint density at radius 2 is 1.85 bits per heavy atom. The van der Waals surface area contributed by atoms with E-state index < -0.39 is 0 Å². The van der Waals surface area contributed by atoms with Gasteiger partial charge in [0.1, 0.15) is 11.5 Å². The van der Waals surface area contributed by atoms with Gasteiger partial charge in [0.25, 0.3) is 5.91 Å². The summed E-state index contributed by atoms with van der Waals surface area (Å²) in [5, 5.41) is 22.3. The van der Waals surface area contributed by atoms with Crippen LogP contribution in [-0.4, -0.2) is 22.3 Å². The smallest absolute Gasteiger partial charge is 0.271 e. The zero-order valence-electron chi connectivity index (χ0n) is 10.2. The third-order valence-electron chi connectivity index (χ3n) is 2.48. The molecule has 0 atom stereocenters. The SMILES string of the molecule is O=C(N/N=C/c1ccc(O)c(Br)c1)c1ccc(O)cc1. The summed E-state index contributed by atoms with van der Waals surface area (Å²) in [6, 6.07) is 10.7. The molecule has 6 heteroatoms. The van der Waals surface area contributed by atoms with Gasteiger partial charge in [0.05, 0.1) is 10.7 Å². The van der Waals surface area contributed by atoms with Gasteiger partial charge in [0.2, 0.25) is 0 Å². The summed E-state index contributed by atoms with van der Waals surface area (Å²) >= 11 is 3.19. The van der Waals surface area contributed by atoms with Crippen molar-refractivity contribution >= 4 is 28.1 Å². The van der Waals surface area contributed by atoms with Crippen molar-refractivity contribution in [1.29, 1.82) is 0 Å². The molecule has 0 aliphatic heterocycles. The van der Waals surface area contributed by atoms with Gasteiger partial charge in [-0.25, -0.2) is 5.43 Å². The molecule has 2 aromatic carbocycles. The molecule has 2 rings (SSSR count). The Morgan fingerprint density at radius 3 is 2.50 bits per heavy atom. The lowest BCUT2D eigenvalue weighted by atomic mass is 10.2. The lowest BCUT2D eigenvalue weighted by Crippen LogP contribution is -2.17. The van der Waals surface area contributed by atoms with Gasteiger partial charge in [-0.1, -0.05) is 0 Å². The van der Waals surface area contributed by atoms with E-state index in [4.69, 9.17) is 5.11 Å².